The molecule has 1 aromatic rings. The van der Waals surface area contributed by atoms with Gasteiger partial charge in [0, 0.05) is 25.0 Å². The van der Waals surface area contributed by atoms with E-state index in [-0.39, 0.29) is 29.5 Å². The van der Waals surface area contributed by atoms with Crippen LogP contribution >= 0.6 is 0 Å². The largest absolute Gasteiger partial charge is 0.427 e. The number of rotatable bonds is 3. The van der Waals surface area contributed by atoms with Gasteiger partial charge in [0.05, 0.1) is 6.10 Å². The molecule has 1 aromatic heterocycles. The van der Waals surface area contributed by atoms with E-state index in [4.69, 9.17) is 4.42 Å². The highest BCUT2D eigenvalue weighted by Crippen LogP contribution is 2.38. The Kier molecular flexibility index (Phi) is 5.82. The SMILES string of the molecule is Cc1cc(C2CCNCC2)oc(=O)c1C(=O)N1C[C@H]2C[C@@H](N(C)C)[C@H](O)C[C@H]2C1. The van der Waals surface area contributed by atoms with Crippen molar-refractivity contribution in [3.63, 3.8) is 0 Å². The van der Waals surface area contributed by atoms with E-state index in [2.05, 4.69) is 10.2 Å². The number of carbonyl (C=O) groups is 1. The fourth-order valence-corrected chi connectivity index (χ4v) is 5.48. The van der Waals surface area contributed by atoms with Crippen molar-refractivity contribution in [1.29, 1.82) is 0 Å². The summed E-state index contributed by atoms with van der Waals surface area (Å²) in [7, 11) is 3.98. The van der Waals surface area contributed by atoms with E-state index in [1.54, 1.807) is 4.90 Å². The number of hydrogen-bond acceptors (Lipinski definition) is 6. The van der Waals surface area contributed by atoms with E-state index in [0.717, 1.165) is 32.4 Å². The van der Waals surface area contributed by atoms with Crippen LogP contribution in [0.1, 0.15) is 53.3 Å². The van der Waals surface area contributed by atoms with Crippen molar-refractivity contribution >= 4 is 5.91 Å². The van der Waals surface area contributed by atoms with Crippen LogP contribution in [0.25, 0.3) is 0 Å². The lowest BCUT2D eigenvalue weighted by molar-refractivity contribution is 0.00940. The Morgan fingerprint density at radius 2 is 1.86 bits per heavy atom. The quantitative estimate of drug-likeness (QED) is 0.789. The van der Waals surface area contributed by atoms with Crippen LogP contribution in [0.3, 0.4) is 0 Å². The van der Waals surface area contributed by atoms with Crippen LogP contribution in [-0.4, -0.2) is 73.2 Å². The molecule has 0 unspecified atom stereocenters. The van der Waals surface area contributed by atoms with Crippen molar-refractivity contribution < 1.29 is 14.3 Å². The summed E-state index contributed by atoms with van der Waals surface area (Å²) in [6.07, 6.45) is 3.11. The van der Waals surface area contributed by atoms with E-state index in [1.807, 2.05) is 27.1 Å². The van der Waals surface area contributed by atoms with E-state index in [1.165, 1.54) is 0 Å². The van der Waals surface area contributed by atoms with Gasteiger partial charge in [0.1, 0.15) is 11.3 Å². The first-order valence-corrected chi connectivity index (χ1v) is 10.8. The molecule has 2 N–H and O–H groups in total. The standard InChI is InChI=1S/C22H33N3O4/c1-13-8-19(14-4-6-23-7-5-14)29-22(28)20(13)21(27)25-11-15-9-17(24(2)3)18(26)10-16(15)12-25/h8,14-18,23,26H,4-7,9-12H2,1-3H3/t15-,16+,17-,18-/m1/s1. The van der Waals surface area contributed by atoms with Gasteiger partial charge in [0.25, 0.3) is 5.91 Å². The molecule has 4 rings (SSSR count). The lowest BCUT2D eigenvalue weighted by Gasteiger charge is -2.38. The van der Waals surface area contributed by atoms with Gasteiger partial charge in [0.2, 0.25) is 0 Å². The van der Waals surface area contributed by atoms with Crippen LogP contribution in [0.5, 0.6) is 0 Å². The second-order valence-electron chi connectivity index (χ2n) is 9.32. The van der Waals surface area contributed by atoms with E-state index >= 15 is 0 Å². The normalized spacial score (nSPS) is 30.6. The summed E-state index contributed by atoms with van der Waals surface area (Å²) in [4.78, 5) is 29.8. The first-order chi connectivity index (χ1) is 13.8. The predicted octanol–water partition coefficient (Wildman–Crippen LogP) is 1.19. The van der Waals surface area contributed by atoms with Crippen LogP contribution in [-0.2, 0) is 0 Å². The first-order valence-electron chi connectivity index (χ1n) is 10.8. The van der Waals surface area contributed by atoms with Crippen molar-refractivity contribution in [2.24, 2.45) is 11.8 Å². The summed E-state index contributed by atoms with van der Waals surface area (Å²) in [6.45, 7) is 4.93. The number of carbonyl (C=O) groups excluding carboxylic acids is 1. The topological polar surface area (TPSA) is 86.0 Å². The highest BCUT2D eigenvalue weighted by atomic mass is 16.4. The molecule has 2 aliphatic heterocycles. The van der Waals surface area contributed by atoms with Gasteiger partial charge in [-0.2, -0.15) is 0 Å². The lowest BCUT2D eigenvalue weighted by atomic mass is 9.77. The van der Waals surface area contributed by atoms with E-state index in [0.29, 0.717) is 42.7 Å². The number of fused-ring (bicyclic) bond motifs is 1. The molecule has 3 aliphatic rings. The maximum atomic E-state index is 13.2. The Labute approximate surface area is 172 Å². The van der Waals surface area contributed by atoms with Gasteiger partial charge in [-0.1, -0.05) is 0 Å². The summed E-state index contributed by atoms with van der Waals surface area (Å²) in [5.74, 6) is 1.39. The molecule has 0 aromatic carbocycles. The zero-order chi connectivity index (χ0) is 20.7. The maximum absolute atomic E-state index is 13.2. The lowest BCUT2D eigenvalue weighted by Crippen LogP contribution is -2.46. The monoisotopic (exact) mass is 403 g/mol. The number of likely N-dealkylation sites (N-methyl/N-ethyl adjacent to an activating group) is 1. The fraction of sp³-hybridized carbons (Fsp3) is 0.727. The molecule has 0 spiro atoms. The maximum Gasteiger partial charge on any atom is 0.349 e. The van der Waals surface area contributed by atoms with E-state index in [9.17, 15) is 14.7 Å². The minimum absolute atomic E-state index is 0.127. The number of likely N-dealkylation sites (tertiary alicyclic amines) is 1. The Morgan fingerprint density at radius 1 is 1.21 bits per heavy atom. The van der Waals surface area contributed by atoms with Gasteiger partial charge in [-0.05, 0) is 83.3 Å². The molecule has 3 heterocycles. The number of aliphatic hydroxyl groups excluding tert-OH is 1. The molecular weight excluding hydrogens is 370 g/mol. The molecule has 1 amide bonds. The number of amides is 1. The molecule has 1 aliphatic carbocycles. The molecule has 7 heteroatoms. The minimum atomic E-state index is -0.510. The van der Waals surface area contributed by atoms with Gasteiger partial charge in [-0.15, -0.1) is 0 Å². The molecule has 0 radical (unpaired) electrons. The number of nitrogens with one attached hydrogen (secondary N) is 1. The molecule has 29 heavy (non-hydrogen) atoms. The Morgan fingerprint density at radius 3 is 2.48 bits per heavy atom. The van der Waals surface area contributed by atoms with Crippen molar-refractivity contribution in [2.45, 2.75) is 50.7 Å². The minimum Gasteiger partial charge on any atom is -0.427 e. The molecule has 7 nitrogen and oxygen atoms in total. The Balaban J connectivity index is 1.51. The number of aryl methyl sites for hydroxylation is 1. The summed E-state index contributed by atoms with van der Waals surface area (Å²) in [5.41, 5.74) is 0.372. The second-order valence-corrected chi connectivity index (χ2v) is 9.32. The average Bonchev–Trinajstić information content (AvgIpc) is 3.10. The molecular formula is C22H33N3O4. The third kappa shape index (κ3) is 4.00. The van der Waals surface area contributed by atoms with Gasteiger partial charge < -0.3 is 24.6 Å². The zero-order valence-electron chi connectivity index (χ0n) is 17.7. The van der Waals surface area contributed by atoms with Crippen LogP contribution in [0.2, 0.25) is 0 Å². The van der Waals surface area contributed by atoms with Crippen molar-refractivity contribution in [1.82, 2.24) is 15.1 Å². The molecule has 1 saturated carbocycles. The fourth-order valence-electron chi connectivity index (χ4n) is 5.48. The van der Waals surface area contributed by atoms with Crippen LogP contribution < -0.4 is 10.9 Å². The molecule has 2 saturated heterocycles. The molecule has 160 valence electrons. The highest BCUT2D eigenvalue weighted by Gasteiger charge is 2.44. The summed E-state index contributed by atoms with van der Waals surface area (Å²) in [5, 5.41) is 13.8. The Bertz CT molecular complexity index is 815. The smallest absolute Gasteiger partial charge is 0.349 e. The summed E-state index contributed by atoms with van der Waals surface area (Å²) >= 11 is 0. The molecule has 4 atom stereocenters. The number of aliphatic hydroxyl groups is 1. The summed E-state index contributed by atoms with van der Waals surface area (Å²) < 4.78 is 5.62. The number of hydrogen-bond donors (Lipinski definition) is 2. The van der Waals surface area contributed by atoms with Crippen LogP contribution in [0, 0.1) is 18.8 Å². The van der Waals surface area contributed by atoms with E-state index < -0.39 is 5.63 Å². The third-order valence-electron chi connectivity index (χ3n) is 7.18. The van der Waals surface area contributed by atoms with Crippen LogP contribution in [0.15, 0.2) is 15.3 Å². The Hall–Kier alpha value is -1.70. The highest BCUT2D eigenvalue weighted by molar-refractivity contribution is 5.95. The van der Waals surface area contributed by atoms with Crippen molar-refractivity contribution in [2.75, 3.05) is 40.3 Å². The molecule has 3 fully saturated rings. The number of piperidine rings is 1. The third-order valence-corrected chi connectivity index (χ3v) is 7.18. The average molecular weight is 404 g/mol. The van der Waals surface area contributed by atoms with Gasteiger partial charge >= 0.3 is 5.63 Å². The second kappa shape index (κ2) is 8.20. The van der Waals surface area contributed by atoms with Crippen LogP contribution in [0.4, 0.5) is 0 Å². The predicted molar refractivity (Wildman–Crippen MR) is 110 cm³/mol. The number of nitrogens with zero attached hydrogens (tertiary/aromatic N) is 2. The van der Waals surface area contributed by atoms with Crippen molar-refractivity contribution in [3.8, 4) is 0 Å². The zero-order valence-corrected chi connectivity index (χ0v) is 17.7. The molecule has 0 bridgehead atoms. The van der Waals surface area contributed by atoms with Gasteiger partial charge in [-0.3, -0.25) is 4.79 Å². The first kappa shape index (κ1) is 20.6. The van der Waals surface area contributed by atoms with Crippen molar-refractivity contribution in [3.05, 3.63) is 33.4 Å². The summed E-state index contributed by atoms with van der Waals surface area (Å²) in [6, 6.07) is 2.02. The van der Waals surface area contributed by atoms with Gasteiger partial charge in [0.15, 0.2) is 0 Å². The van der Waals surface area contributed by atoms with Gasteiger partial charge in [-0.25, -0.2) is 4.79 Å².